The van der Waals surface area contributed by atoms with Crippen molar-refractivity contribution < 1.29 is 0 Å². The molecule has 3 heteroatoms. The summed E-state index contributed by atoms with van der Waals surface area (Å²) in [6.45, 7) is 7.17. The zero-order valence-corrected chi connectivity index (χ0v) is 8.89. The van der Waals surface area contributed by atoms with Crippen molar-refractivity contribution in [1.29, 1.82) is 0 Å². The molecule has 0 amide bonds. The molecule has 2 rings (SSSR count). The Kier molecular flexibility index (Phi) is 3.22. The van der Waals surface area contributed by atoms with E-state index < -0.39 is 0 Å². The highest BCUT2D eigenvalue weighted by molar-refractivity contribution is 4.90. The van der Waals surface area contributed by atoms with E-state index in [4.69, 9.17) is 0 Å². The van der Waals surface area contributed by atoms with Crippen LogP contribution in [0.25, 0.3) is 0 Å². The van der Waals surface area contributed by atoms with Crippen molar-refractivity contribution in [2.75, 3.05) is 39.8 Å². The first-order chi connectivity index (χ1) is 6.84. The van der Waals surface area contributed by atoms with Gasteiger partial charge in [0, 0.05) is 51.7 Å². The normalized spacial score (nSPS) is 20.1. The maximum Gasteiger partial charge on any atom is 0.0347 e. The first-order valence-corrected chi connectivity index (χ1v) is 5.36. The molecular weight excluding hydrogens is 174 g/mol. The third kappa shape index (κ3) is 2.59. The van der Waals surface area contributed by atoms with Crippen LogP contribution < -0.4 is 0 Å². The van der Waals surface area contributed by atoms with E-state index in [1.807, 2.05) is 0 Å². The predicted molar refractivity (Wildman–Crippen MR) is 58.4 cm³/mol. The summed E-state index contributed by atoms with van der Waals surface area (Å²) in [5.41, 5.74) is 0. The number of rotatable bonds is 3. The molecule has 0 aromatic carbocycles. The molecule has 1 fully saturated rings. The molecule has 0 atom stereocenters. The average Bonchev–Trinajstić information content (AvgIpc) is 2.70. The van der Waals surface area contributed by atoms with Gasteiger partial charge in [-0.2, -0.15) is 0 Å². The van der Waals surface area contributed by atoms with E-state index in [1.165, 1.54) is 32.7 Å². The molecule has 0 saturated carbocycles. The number of aromatic nitrogens is 1. The summed E-state index contributed by atoms with van der Waals surface area (Å²) in [7, 11) is 2.20. The van der Waals surface area contributed by atoms with Crippen molar-refractivity contribution in [3.8, 4) is 0 Å². The van der Waals surface area contributed by atoms with Gasteiger partial charge in [0.05, 0.1) is 0 Å². The van der Waals surface area contributed by atoms with Crippen molar-refractivity contribution in [2.24, 2.45) is 0 Å². The highest BCUT2D eigenvalue weighted by Gasteiger charge is 2.12. The SMILES string of the molecule is CN1CCN(CCn2cccc2)CC1. The summed E-state index contributed by atoms with van der Waals surface area (Å²) in [5.74, 6) is 0. The monoisotopic (exact) mass is 193 g/mol. The minimum absolute atomic E-state index is 1.12. The van der Waals surface area contributed by atoms with Gasteiger partial charge in [0.2, 0.25) is 0 Å². The average molecular weight is 193 g/mol. The molecule has 2 heterocycles. The van der Waals surface area contributed by atoms with Crippen LogP contribution in [0.15, 0.2) is 24.5 Å². The standard InChI is InChI=1S/C11H19N3/c1-12-6-8-14(9-7-12)11-10-13-4-2-3-5-13/h2-5H,6-11H2,1H3. The Morgan fingerprint density at radius 2 is 1.57 bits per heavy atom. The Bertz CT molecular complexity index is 248. The highest BCUT2D eigenvalue weighted by Crippen LogP contribution is 1.99. The largest absolute Gasteiger partial charge is 0.353 e. The van der Waals surface area contributed by atoms with Gasteiger partial charge in [0.1, 0.15) is 0 Å². The van der Waals surface area contributed by atoms with Gasteiger partial charge in [-0.05, 0) is 19.2 Å². The molecule has 78 valence electrons. The fraction of sp³-hybridized carbons (Fsp3) is 0.636. The molecule has 3 nitrogen and oxygen atoms in total. The maximum atomic E-state index is 2.54. The van der Waals surface area contributed by atoms with E-state index in [1.54, 1.807) is 0 Å². The van der Waals surface area contributed by atoms with E-state index in [-0.39, 0.29) is 0 Å². The van der Waals surface area contributed by atoms with Crippen LogP contribution in [0.1, 0.15) is 0 Å². The fourth-order valence-electron chi connectivity index (χ4n) is 1.85. The first-order valence-electron chi connectivity index (χ1n) is 5.36. The van der Waals surface area contributed by atoms with Crippen LogP contribution in [-0.2, 0) is 6.54 Å². The molecule has 0 unspecified atom stereocenters. The molecule has 14 heavy (non-hydrogen) atoms. The Morgan fingerprint density at radius 3 is 2.21 bits per heavy atom. The van der Waals surface area contributed by atoms with Crippen LogP contribution in [-0.4, -0.2) is 54.1 Å². The maximum absolute atomic E-state index is 2.54. The van der Waals surface area contributed by atoms with Crippen LogP contribution >= 0.6 is 0 Å². The van der Waals surface area contributed by atoms with Gasteiger partial charge >= 0.3 is 0 Å². The molecule has 0 aliphatic carbocycles. The van der Waals surface area contributed by atoms with Crippen LogP contribution in [0.3, 0.4) is 0 Å². The lowest BCUT2D eigenvalue weighted by molar-refractivity contribution is 0.150. The van der Waals surface area contributed by atoms with Crippen LogP contribution in [0.4, 0.5) is 0 Å². The minimum atomic E-state index is 1.12. The van der Waals surface area contributed by atoms with Gasteiger partial charge < -0.3 is 9.47 Å². The molecule has 1 saturated heterocycles. The van der Waals surface area contributed by atoms with Crippen molar-refractivity contribution in [2.45, 2.75) is 6.54 Å². The molecule has 0 N–H and O–H groups in total. The summed E-state index contributed by atoms with van der Waals surface area (Å²) >= 11 is 0. The van der Waals surface area contributed by atoms with Gasteiger partial charge in [-0.1, -0.05) is 0 Å². The lowest BCUT2D eigenvalue weighted by Crippen LogP contribution is -2.45. The zero-order chi connectivity index (χ0) is 9.80. The van der Waals surface area contributed by atoms with Crippen LogP contribution in [0.5, 0.6) is 0 Å². The van der Waals surface area contributed by atoms with Crippen molar-refractivity contribution >= 4 is 0 Å². The molecule has 0 bridgehead atoms. The van der Waals surface area contributed by atoms with E-state index in [2.05, 4.69) is 45.9 Å². The second-order valence-electron chi connectivity index (χ2n) is 4.07. The number of likely N-dealkylation sites (N-methyl/N-ethyl adjacent to an activating group) is 1. The second kappa shape index (κ2) is 4.62. The lowest BCUT2D eigenvalue weighted by Gasteiger charge is -2.32. The molecule has 1 aromatic rings. The van der Waals surface area contributed by atoms with Crippen LogP contribution in [0, 0.1) is 0 Å². The number of hydrogen-bond acceptors (Lipinski definition) is 2. The summed E-state index contributed by atoms with van der Waals surface area (Å²) in [6.07, 6.45) is 4.27. The summed E-state index contributed by atoms with van der Waals surface area (Å²) < 4.78 is 2.25. The van der Waals surface area contributed by atoms with Crippen molar-refractivity contribution in [3.05, 3.63) is 24.5 Å². The minimum Gasteiger partial charge on any atom is -0.353 e. The van der Waals surface area contributed by atoms with Crippen LogP contribution in [0.2, 0.25) is 0 Å². The molecule has 1 aliphatic rings. The van der Waals surface area contributed by atoms with Gasteiger partial charge in [-0.25, -0.2) is 0 Å². The smallest absolute Gasteiger partial charge is 0.0347 e. The molecule has 1 aromatic heterocycles. The lowest BCUT2D eigenvalue weighted by atomic mass is 10.3. The molecule has 1 aliphatic heterocycles. The summed E-state index contributed by atoms with van der Waals surface area (Å²) in [6, 6.07) is 4.17. The third-order valence-electron chi connectivity index (χ3n) is 2.94. The Hall–Kier alpha value is -0.800. The fourth-order valence-corrected chi connectivity index (χ4v) is 1.85. The number of hydrogen-bond donors (Lipinski definition) is 0. The van der Waals surface area contributed by atoms with Gasteiger partial charge in [-0.15, -0.1) is 0 Å². The van der Waals surface area contributed by atoms with E-state index in [0.29, 0.717) is 0 Å². The molecule has 0 radical (unpaired) electrons. The molecule has 0 spiro atoms. The van der Waals surface area contributed by atoms with E-state index in [9.17, 15) is 0 Å². The number of nitrogens with zero attached hydrogens (tertiary/aromatic N) is 3. The third-order valence-corrected chi connectivity index (χ3v) is 2.94. The summed E-state index contributed by atoms with van der Waals surface area (Å²) in [4.78, 5) is 4.94. The summed E-state index contributed by atoms with van der Waals surface area (Å²) in [5, 5.41) is 0. The highest BCUT2D eigenvalue weighted by atomic mass is 15.2. The Morgan fingerprint density at radius 1 is 0.929 bits per heavy atom. The predicted octanol–water partition coefficient (Wildman–Crippen LogP) is 0.735. The Labute approximate surface area is 85.9 Å². The quantitative estimate of drug-likeness (QED) is 0.701. The first kappa shape index (κ1) is 9.74. The molecular formula is C11H19N3. The van der Waals surface area contributed by atoms with Gasteiger partial charge in [-0.3, -0.25) is 4.90 Å². The van der Waals surface area contributed by atoms with Gasteiger partial charge in [0.15, 0.2) is 0 Å². The topological polar surface area (TPSA) is 11.4 Å². The zero-order valence-electron chi connectivity index (χ0n) is 8.89. The number of piperazine rings is 1. The Balaban J connectivity index is 1.71. The van der Waals surface area contributed by atoms with Gasteiger partial charge in [0.25, 0.3) is 0 Å². The van der Waals surface area contributed by atoms with E-state index in [0.717, 1.165) is 6.54 Å². The second-order valence-corrected chi connectivity index (χ2v) is 4.07. The van der Waals surface area contributed by atoms with Crippen molar-refractivity contribution in [3.63, 3.8) is 0 Å². The van der Waals surface area contributed by atoms with Crippen molar-refractivity contribution in [1.82, 2.24) is 14.4 Å². The van der Waals surface area contributed by atoms with E-state index >= 15 is 0 Å².